The number of carbonyl (C=O) groups is 1. The Kier molecular flexibility index (Phi) is 2.33. The lowest BCUT2D eigenvalue weighted by Gasteiger charge is -2.07. The first-order valence-corrected chi connectivity index (χ1v) is 5.05. The number of hydrogen-bond acceptors (Lipinski definition) is 2. The topological polar surface area (TPSA) is 43.1 Å². The maximum Gasteiger partial charge on any atom is 0.156 e. The summed E-state index contributed by atoms with van der Waals surface area (Å²) in [6, 6.07) is 7.35. The highest BCUT2D eigenvalue weighted by molar-refractivity contribution is 6.30. The van der Waals surface area contributed by atoms with Crippen LogP contribution >= 0.6 is 11.6 Å². The van der Waals surface area contributed by atoms with Crippen molar-refractivity contribution in [3.63, 3.8) is 0 Å². The van der Waals surface area contributed by atoms with Gasteiger partial charge in [0.2, 0.25) is 0 Å². The fraction of sp³-hybridized carbons (Fsp3) is 0.364. The van der Waals surface area contributed by atoms with Crippen molar-refractivity contribution in [2.75, 3.05) is 0 Å². The molecule has 1 aromatic carbocycles. The summed E-state index contributed by atoms with van der Waals surface area (Å²) in [5.41, 5.74) is 6.21. The van der Waals surface area contributed by atoms with Gasteiger partial charge in [0.1, 0.15) is 0 Å². The van der Waals surface area contributed by atoms with Crippen LogP contribution in [-0.4, -0.2) is 11.3 Å². The molecular formula is C11H12ClNO. The lowest BCUT2D eigenvalue weighted by molar-refractivity contribution is -0.120. The monoisotopic (exact) mass is 209 g/mol. The zero-order valence-corrected chi connectivity index (χ0v) is 8.55. The van der Waals surface area contributed by atoms with Crippen molar-refractivity contribution in [1.82, 2.24) is 0 Å². The Balaban J connectivity index is 2.07. The molecule has 74 valence electrons. The van der Waals surface area contributed by atoms with Gasteiger partial charge in [0, 0.05) is 11.4 Å². The van der Waals surface area contributed by atoms with Gasteiger partial charge >= 0.3 is 0 Å². The summed E-state index contributed by atoms with van der Waals surface area (Å²) in [6.07, 6.45) is 2.05. The average molecular weight is 210 g/mol. The fourth-order valence-corrected chi connectivity index (χ4v) is 1.63. The third kappa shape index (κ3) is 1.97. The molecule has 1 aliphatic carbocycles. The summed E-state index contributed by atoms with van der Waals surface area (Å²) in [5.74, 6) is 0.125. The van der Waals surface area contributed by atoms with Crippen LogP contribution in [0.4, 0.5) is 0 Å². The van der Waals surface area contributed by atoms with Crippen molar-refractivity contribution in [2.24, 2.45) is 5.73 Å². The minimum atomic E-state index is -0.525. The summed E-state index contributed by atoms with van der Waals surface area (Å²) in [7, 11) is 0. The van der Waals surface area contributed by atoms with Crippen molar-refractivity contribution in [3.8, 4) is 0 Å². The predicted molar refractivity (Wildman–Crippen MR) is 56.3 cm³/mol. The molecule has 1 aliphatic rings. The molecule has 2 N–H and O–H groups in total. The molecule has 1 fully saturated rings. The van der Waals surface area contributed by atoms with Crippen LogP contribution in [0.25, 0.3) is 0 Å². The van der Waals surface area contributed by atoms with E-state index in [2.05, 4.69) is 0 Å². The van der Waals surface area contributed by atoms with Crippen LogP contribution < -0.4 is 5.73 Å². The molecule has 3 heteroatoms. The molecule has 14 heavy (non-hydrogen) atoms. The summed E-state index contributed by atoms with van der Waals surface area (Å²) in [5, 5.41) is 0.664. The zero-order chi connectivity index (χ0) is 10.2. The molecule has 0 aliphatic heterocycles. The zero-order valence-electron chi connectivity index (χ0n) is 7.79. The lowest BCUT2D eigenvalue weighted by atomic mass is 10.0. The van der Waals surface area contributed by atoms with Crippen molar-refractivity contribution in [3.05, 3.63) is 34.9 Å². The summed E-state index contributed by atoms with van der Waals surface area (Å²) in [4.78, 5) is 11.6. The lowest BCUT2D eigenvalue weighted by Crippen LogP contribution is -2.33. The summed E-state index contributed by atoms with van der Waals surface area (Å²) >= 11 is 5.82. The van der Waals surface area contributed by atoms with Gasteiger partial charge in [-0.1, -0.05) is 23.7 Å². The minimum Gasteiger partial charge on any atom is -0.319 e. The second-order valence-corrected chi connectivity index (χ2v) is 4.32. The van der Waals surface area contributed by atoms with Crippen LogP contribution in [0.3, 0.4) is 0 Å². The Morgan fingerprint density at radius 2 is 2.21 bits per heavy atom. The molecule has 0 amide bonds. The quantitative estimate of drug-likeness (QED) is 0.827. The molecule has 0 saturated heterocycles. The smallest absolute Gasteiger partial charge is 0.156 e. The van der Waals surface area contributed by atoms with Gasteiger partial charge in [-0.2, -0.15) is 0 Å². The highest BCUT2D eigenvalue weighted by Gasteiger charge is 2.44. The van der Waals surface area contributed by atoms with Gasteiger partial charge in [0.15, 0.2) is 5.78 Å². The van der Waals surface area contributed by atoms with Crippen LogP contribution in [-0.2, 0) is 11.2 Å². The fourth-order valence-electron chi connectivity index (χ4n) is 1.42. The van der Waals surface area contributed by atoms with Crippen molar-refractivity contribution < 1.29 is 4.79 Å². The Morgan fingerprint density at radius 1 is 1.50 bits per heavy atom. The molecular weight excluding hydrogens is 198 g/mol. The van der Waals surface area contributed by atoms with Crippen molar-refractivity contribution >= 4 is 17.4 Å². The molecule has 2 nitrogen and oxygen atoms in total. The van der Waals surface area contributed by atoms with Crippen LogP contribution in [0.2, 0.25) is 5.02 Å². The molecule has 0 heterocycles. The third-order valence-corrected chi connectivity index (χ3v) is 2.83. The number of rotatable bonds is 3. The van der Waals surface area contributed by atoms with Crippen molar-refractivity contribution in [1.29, 1.82) is 0 Å². The number of carbonyl (C=O) groups excluding carboxylic acids is 1. The molecule has 0 unspecified atom stereocenters. The van der Waals surface area contributed by atoms with Gasteiger partial charge in [-0.05, 0) is 30.5 Å². The molecule has 2 rings (SSSR count). The average Bonchev–Trinajstić information content (AvgIpc) is 2.85. The Morgan fingerprint density at radius 3 is 2.79 bits per heavy atom. The van der Waals surface area contributed by atoms with Gasteiger partial charge in [0.25, 0.3) is 0 Å². The second kappa shape index (κ2) is 3.37. The number of halogens is 1. The number of ketones is 1. The first kappa shape index (κ1) is 9.69. The number of Topliss-reactive ketones (excluding diaryl/α,β-unsaturated/α-hetero) is 1. The summed E-state index contributed by atoms with van der Waals surface area (Å²) in [6.45, 7) is 0. The Hall–Kier alpha value is -0.860. The van der Waals surface area contributed by atoms with Crippen LogP contribution in [0.1, 0.15) is 18.4 Å². The molecule has 0 atom stereocenters. The largest absolute Gasteiger partial charge is 0.319 e. The van der Waals surface area contributed by atoms with Crippen LogP contribution in [0.5, 0.6) is 0 Å². The van der Waals surface area contributed by atoms with Gasteiger partial charge < -0.3 is 5.73 Å². The van der Waals surface area contributed by atoms with Gasteiger partial charge in [-0.3, -0.25) is 4.79 Å². The van der Waals surface area contributed by atoms with E-state index in [-0.39, 0.29) is 5.78 Å². The molecule has 0 spiro atoms. The molecule has 0 radical (unpaired) electrons. The third-order valence-electron chi connectivity index (χ3n) is 2.60. The maximum absolute atomic E-state index is 11.6. The number of hydrogen-bond donors (Lipinski definition) is 1. The van der Waals surface area contributed by atoms with E-state index in [0.717, 1.165) is 18.4 Å². The Labute approximate surface area is 88.1 Å². The number of nitrogens with two attached hydrogens (primary N) is 1. The second-order valence-electron chi connectivity index (χ2n) is 3.89. The van der Waals surface area contributed by atoms with Crippen LogP contribution in [0, 0.1) is 0 Å². The SMILES string of the molecule is NC1(C(=O)Cc2cccc(Cl)c2)CC1. The summed E-state index contributed by atoms with van der Waals surface area (Å²) < 4.78 is 0. The predicted octanol–water partition coefficient (Wildman–Crippen LogP) is 1.94. The highest BCUT2D eigenvalue weighted by atomic mass is 35.5. The molecule has 1 aromatic rings. The normalized spacial score (nSPS) is 17.9. The van der Waals surface area contributed by atoms with Crippen molar-refractivity contribution in [2.45, 2.75) is 24.8 Å². The maximum atomic E-state index is 11.6. The number of benzene rings is 1. The van der Waals surface area contributed by atoms with Crippen LogP contribution in [0.15, 0.2) is 24.3 Å². The van der Waals surface area contributed by atoms with E-state index in [4.69, 9.17) is 17.3 Å². The van der Waals surface area contributed by atoms with Gasteiger partial charge in [-0.25, -0.2) is 0 Å². The van der Waals surface area contributed by atoms with E-state index >= 15 is 0 Å². The first-order chi connectivity index (χ1) is 6.60. The van der Waals surface area contributed by atoms with Gasteiger partial charge in [-0.15, -0.1) is 0 Å². The molecule has 1 saturated carbocycles. The van der Waals surface area contributed by atoms with E-state index in [9.17, 15) is 4.79 Å². The van der Waals surface area contributed by atoms with E-state index in [0.29, 0.717) is 11.4 Å². The Bertz CT molecular complexity index is 371. The molecule has 0 aromatic heterocycles. The molecule has 0 bridgehead atoms. The first-order valence-electron chi connectivity index (χ1n) is 4.67. The van der Waals surface area contributed by atoms with E-state index in [1.807, 2.05) is 18.2 Å². The minimum absolute atomic E-state index is 0.125. The van der Waals surface area contributed by atoms with Gasteiger partial charge in [0.05, 0.1) is 5.54 Å². The highest BCUT2D eigenvalue weighted by Crippen LogP contribution is 2.34. The van der Waals surface area contributed by atoms with E-state index in [1.54, 1.807) is 6.07 Å². The van der Waals surface area contributed by atoms with E-state index < -0.39 is 5.54 Å². The van der Waals surface area contributed by atoms with E-state index in [1.165, 1.54) is 0 Å². The standard InChI is InChI=1S/C11H12ClNO/c12-9-3-1-2-8(6-9)7-10(14)11(13)4-5-11/h1-3,6H,4-5,7,13H2.